The lowest BCUT2D eigenvalue weighted by Crippen LogP contribution is -2.74. The highest BCUT2D eigenvalue weighted by molar-refractivity contribution is 6.30. The maximum Gasteiger partial charge on any atom is 0.508 e. The highest BCUT2D eigenvalue weighted by Gasteiger charge is 2.74. The van der Waals surface area contributed by atoms with Gasteiger partial charge in [-0.05, 0) is 113 Å². The lowest BCUT2D eigenvalue weighted by atomic mass is 9.83. The van der Waals surface area contributed by atoms with Crippen molar-refractivity contribution in [1.82, 2.24) is 55.0 Å². The number of carbonyl (C=O) groups excluding carboxylic acids is 5. The minimum atomic E-state index is -0.660. The number of carbonyl (C=O) groups is 5. The number of amidine groups is 1. The fourth-order valence-corrected chi connectivity index (χ4v) is 14.7. The molecule has 2 aromatic heterocycles. The van der Waals surface area contributed by atoms with Crippen LogP contribution in [-0.4, -0.2) is 207 Å². The number of aromatic nitrogens is 3. The molecule has 8 heterocycles. The van der Waals surface area contributed by atoms with Gasteiger partial charge in [-0.15, -0.1) is 4.90 Å². The molecular formula is C69H89ClF2N13O7+. The zero-order chi connectivity index (χ0) is 64.1. The number of hydrogen-bond donors (Lipinski definition) is 4. The van der Waals surface area contributed by atoms with Crippen molar-refractivity contribution in [2.75, 3.05) is 103 Å². The van der Waals surface area contributed by atoms with Gasteiger partial charge >= 0.3 is 11.9 Å². The van der Waals surface area contributed by atoms with Gasteiger partial charge in [0.2, 0.25) is 23.3 Å². The third-order valence-electron chi connectivity index (χ3n) is 20.1. The zero-order valence-electron chi connectivity index (χ0n) is 53.4. The highest BCUT2D eigenvalue weighted by atomic mass is 35.5. The molecule has 1 unspecified atom stereocenters. The van der Waals surface area contributed by atoms with Crippen LogP contribution in [0.1, 0.15) is 137 Å². The molecule has 20 nitrogen and oxygen atoms in total. The van der Waals surface area contributed by atoms with Crippen LogP contribution < -0.4 is 20.5 Å². The van der Waals surface area contributed by atoms with E-state index in [1.807, 2.05) is 72.0 Å². The Morgan fingerprint density at radius 1 is 0.761 bits per heavy atom. The van der Waals surface area contributed by atoms with Gasteiger partial charge in [0.25, 0.3) is 5.91 Å². The largest absolute Gasteiger partial charge is 0.508 e. The van der Waals surface area contributed by atoms with Gasteiger partial charge in [-0.25, -0.2) is 18.7 Å². The van der Waals surface area contributed by atoms with Crippen molar-refractivity contribution in [3.8, 4) is 0 Å². The van der Waals surface area contributed by atoms with Crippen molar-refractivity contribution in [3.05, 3.63) is 124 Å². The molecule has 92 heavy (non-hydrogen) atoms. The average Bonchev–Trinajstić information content (AvgIpc) is 1.54. The molecule has 1 spiro atoms. The van der Waals surface area contributed by atoms with Crippen LogP contribution in [0.25, 0.3) is 11.0 Å². The summed E-state index contributed by atoms with van der Waals surface area (Å²) >= 11 is 6.41. The van der Waals surface area contributed by atoms with Crippen LogP contribution in [0.2, 0.25) is 5.02 Å². The summed E-state index contributed by atoms with van der Waals surface area (Å²) in [6.07, 6.45) is 13.6. The molecular weight excluding hydrogens is 1200 g/mol. The van der Waals surface area contributed by atoms with E-state index in [2.05, 4.69) is 57.4 Å². The number of benzene rings is 3. The second kappa shape index (κ2) is 28.6. The molecule has 23 heteroatoms. The number of nitrogens with zero attached hydrogens (tertiary/aromatic N) is 9. The van der Waals surface area contributed by atoms with E-state index in [0.29, 0.717) is 87.9 Å². The van der Waals surface area contributed by atoms with Crippen molar-refractivity contribution >= 4 is 64.0 Å². The van der Waals surface area contributed by atoms with E-state index in [0.717, 1.165) is 137 Å². The molecule has 6 aliphatic heterocycles. The molecule has 7 aliphatic rings. The van der Waals surface area contributed by atoms with Crippen molar-refractivity contribution in [3.63, 3.8) is 0 Å². The first-order valence-corrected chi connectivity index (χ1v) is 33.8. The van der Waals surface area contributed by atoms with E-state index >= 15 is 0 Å². The fraction of sp³-hybridized carbons (Fsp3) is 0.565. The highest BCUT2D eigenvalue weighted by Crippen LogP contribution is 2.45. The van der Waals surface area contributed by atoms with Crippen molar-refractivity contribution < 1.29 is 47.2 Å². The first-order chi connectivity index (χ1) is 44.4. The number of piperidine rings is 3. The molecule has 1 saturated carbocycles. The van der Waals surface area contributed by atoms with Gasteiger partial charge < -0.3 is 44.7 Å². The maximum absolute atomic E-state index is 14.4. The summed E-state index contributed by atoms with van der Waals surface area (Å²) in [7, 11) is 0. The van der Waals surface area contributed by atoms with Gasteiger partial charge in [-0.1, -0.05) is 61.2 Å². The van der Waals surface area contributed by atoms with Gasteiger partial charge in [0.1, 0.15) is 47.1 Å². The van der Waals surface area contributed by atoms with Crippen LogP contribution in [-0.2, 0) is 30.4 Å². The number of piperazine rings is 1. The van der Waals surface area contributed by atoms with Crippen LogP contribution in [0.15, 0.2) is 85.3 Å². The maximum atomic E-state index is 14.4. The Balaban J connectivity index is 0.568. The smallest absolute Gasteiger partial charge is 0.425 e. The first-order valence-electron chi connectivity index (χ1n) is 33.4. The van der Waals surface area contributed by atoms with Crippen LogP contribution in [0.3, 0.4) is 0 Å². The predicted octanol–water partition coefficient (Wildman–Crippen LogP) is 6.80. The molecule has 6 saturated heterocycles. The number of H-pyrrole nitrogens is 1. The number of amides is 5. The number of nitrogens with one attached hydrogen (secondary N) is 4. The van der Waals surface area contributed by atoms with Gasteiger partial charge in [-0.2, -0.15) is 4.79 Å². The van der Waals surface area contributed by atoms with Gasteiger partial charge in [0, 0.05) is 145 Å². The zero-order valence-corrected chi connectivity index (χ0v) is 54.1. The number of anilines is 1. The summed E-state index contributed by atoms with van der Waals surface area (Å²) in [6.45, 7) is 15.1. The Bertz CT molecular complexity index is 3430. The van der Waals surface area contributed by atoms with Crippen LogP contribution in [0, 0.1) is 17.6 Å². The molecule has 492 valence electrons. The van der Waals surface area contributed by atoms with Gasteiger partial charge in [-0.3, -0.25) is 34.0 Å². The number of rotatable bonds is 19. The minimum absolute atomic E-state index is 0.0193. The summed E-state index contributed by atoms with van der Waals surface area (Å²) in [5.41, 5.74) is 2.52. The number of hydrogen-bond acceptors (Lipinski definition) is 13. The van der Waals surface area contributed by atoms with Crippen LogP contribution >= 0.6 is 11.6 Å². The number of likely N-dealkylation sites (tertiary alicyclic amines) is 3. The Labute approximate surface area is 542 Å². The van der Waals surface area contributed by atoms with Crippen molar-refractivity contribution in [2.24, 2.45) is 5.92 Å². The Hall–Kier alpha value is -7.11. The molecule has 5 amide bonds. The third-order valence-corrected chi connectivity index (χ3v) is 20.3. The van der Waals surface area contributed by atoms with Crippen LogP contribution in [0.4, 0.5) is 19.4 Å². The average molecular weight is 1290 g/mol. The Morgan fingerprint density at radius 3 is 2.14 bits per heavy atom. The van der Waals surface area contributed by atoms with Crippen LogP contribution in [0.5, 0.6) is 0 Å². The second-order valence-electron chi connectivity index (χ2n) is 27.3. The standard InChI is InChI=1S/C69H88ClF2N13O7/c1-68(2,3)92-67(90)85-66(69(85)25-33-82(34-26-69)63-56-19-27-74-62(56)75-45-76-63)77-58(47-13-16-52(70)17-14-47)24-30-79-35-37-81(38-36-79)60(87)44-80-28-20-54(21-29-80)91-55-22-31-83(32-23-55)65(89)61(48-7-5-4-6-8-48)78-64(88)49-11-9-46(10-12-49)51-42-84(43-51)59(86)41-73-40-50-15-18-53(71)39-57(50)72/h9-19,27,39,45,48,51,54-55,58,61,73H,4-8,20-26,28-38,40-44H2,1-3H3,(H,78,88)(H,74,75,76)/p+1/t58?,61-,85?/m1/s1. The molecule has 12 rings (SSSR count). The lowest BCUT2D eigenvalue weighted by Gasteiger charge is -2.40. The molecule has 3 aromatic carbocycles. The van der Waals surface area contributed by atoms with Gasteiger partial charge in [0.15, 0.2) is 0 Å². The van der Waals surface area contributed by atoms with E-state index in [4.69, 9.17) is 21.1 Å². The Kier molecular flexibility index (Phi) is 20.2. The first kappa shape index (κ1) is 65.0. The summed E-state index contributed by atoms with van der Waals surface area (Å²) < 4.78 is 40.0. The molecule has 2 atom stereocenters. The fourth-order valence-electron chi connectivity index (χ4n) is 14.6. The van der Waals surface area contributed by atoms with E-state index in [-0.39, 0.29) is 72.9 Å². The van der Waals surface area contributed by atoms with Crippen molar-refractivity contribution in [2.45, 2.75) is 146 Å². The summed E-state index contributed by atoms with van der Waals surface area (Å²) in [4.78, 5) is 99.4. The lowest BCUT2D eigenvalue weighted by molar-refractivity contribution is -0.511. The minimum Gasteiger partial charge on any atom is -0.425 e. The molecule has 7 fully saturated rings. The summed E-state index contributed by atoms with van der Waals surface area (Å²) in [5.74, 6) is 0.431. The SMILES string of the molecule is CC(C)(C)OC(=O)N1C(=[NH+]C(CCN2CCN(C(=O)CN3CCC(OC4CCN(C(=O)[C@H](NC(=O)c5ccc(C6CN(C(=O)CNCc7ccc(F)cc7F)C6)cc5)C5CCCCC5)CC4)CC3)CC2)c2ccc(Cl)cc2)C12CCN(c1ncnc3[nH]ccc13)CC2. The molecule has 4 N–H and O–H groups in total. The second-order valence-corrected chi connectivity index (χ2v) is 27.8. The monoisotopic (exact) mass is 1280 g/mol. The molecule has 5 aromatic rings. The molecule has 1 aliphatic carbocycles. The quantitative estimate of drug-likeness (QED) is 0.0629. The summed E-state index contributed by atoms with van der Waals surface area (Å²) in [6, 6.07) is 20.1. The van der Waals surface area contributed by atoms with E-state index in [9.17, 15) is 32.8 Å². The van der Waals surface area contributed by atoms with Gasteiger partial charge in [0.05, 0.1) is 30.7 Å². The molecule has 0 bridgehead atoms. The van der Waals surface area contributed by atoms with E-state index < -0.39 is 28.8 Å². The topological polar surface area (TPSA) is 206 Å². The predicted molar refractivity (Wildman–Crippen MR) is 346 cm³/mol. The summed E-state index contributed by atoms with van der Waals surface area (Å²) in [5, 5.41) is 7.77. The van der Waals surface area contributed by atoms with Crippen molar-refractivity contribution in [1.29, 1.82) is 0 Å². The van der Waals surface area contributed by atoms with E-state index in [1.54, 1.807) is 23.4 Å². The van der Waals surface area contributed by atoms with E-state index in [1.165, 1.54) is 12.1 Å². The third kappa shape index (κ3) is 15.4. The number of ether oxygens (including phenoxy) is 2. The number of fused-ring (bicyclic) bond motifs is 1. The normalized spacial score (nSPS) is 21.0. The number of aromatic amines is 1. The Morgan fingerprint density at radius 2 is 1.46 bits per heavy atom. The number of halogens is 3. The molecule has 0 radical (unpaired) electrons.